The molecule has 0 saturated carbocycles. The zero-order chi connectivity index (χ0) is 16.1. The maximum absolute atomic E-state index is 11.0. The Morgan fingerprint density at radius 1 is 1.30 bits per heavy atom. The number of nitrogens with zero attached hydrogens (tertiary/aromatic N) is 5. The number of hydrogen-bond acceptors (Lipinski definition) is 6. The summed E-state index contributed by atoms with van der Waals surface area (Å²) in [6, 6.07) is 2.02. The molecule has 0 spiro atoms. The van der Waals surface area contributed by atoms with Crippen molar-refractivity contribution >= 4 is 5.91 Å². The third kappa shape index (κ3) is 4.07. The molecule has 2 aromatic rings. The zero-order valence-corrected chi connectivity index (χ0v) is 13.1. The Kier molecular flexibility index (Phi) is 4.87. The Labute approximate surface area is 135 Å². The van der Waals surface area contributed by atoms with Crippen molar-refractivity contribution in [1.82, 2.24) is 30.2 Å². The topological polar surface area (TPSA) is 83.9 Å². The lowest BCUT2D eigenvalue weighted by molar-refractivity contribution is -0.119. The van der Waals surface area contributed by atoms with E-state index in [9.17, 15) is 4.79 Å². The highest BCUT2D eigenvalue weighted by Crippen LogP contribution is 2.30. The monoisotopic (exact) mass is 312 g/mol. The van der Waals surface area contributed by atoms with E-state index in [1.807, 2.05) is 6.07 Å². The summed E-state index contributed by atoms with van der Waals surface area (Å²) in [5.74, 6) is 0.754. The number of amides is 1. The van der Waals surface area contributed by atoms with Gasteiger partial charge in [-0.05, 0) is 25.5 Å². The summed E-state index contributed by atoms with van der Waals surface area (Å²) in [6.07, 6.45) is 9.10. The molecule has 1 aliphatic heterocycles. The number of rotatable bonds is 5. The molecule has 1 N–H and O–H groups in total. The van der Waals surface area contributed by atoms with Crippen LogP contribution in [0.1, 0.15) is 43.0 Å². The molecule has 2 aromatic heterocycles. The van der Waals surface area contributed by atoms with Crippen LogP contribution < -0.4 is 5.32 Å². The van der Waals surface area contributed by atoms with Gasteiger partial charge in [0, 0.05) is 38.3 Å². The minimum atomic E-state index is -0.0599. The molecule has 0 aliphatic carbocycles. The zero-order valence-electron chi connectivity index (χ0n) is 13.1. The summed E-state index contributed by atoms with van der Waals surface area (Å²) in [5, 5.41) is 2.77. The Bertz CT molecular complexity index is 663. The van der Waals surface area contributed by atoms with Gasteiger partial charge in [0.1, 0.15) is 5.82 Å². The highest BCUT2D eigenvalue weighted by molar-refractivity contribution is 5.72. The van der Waals surface area contributed by atoms with Crippen molar-refractivity contribution in [3.63, 3.8) is 0 Å². The van der Waals surface area contributed by atoms with Crippen LogP contribution in [-0.2, 0) is 17.9 Å². The predicted molar refractivity (Wildman–Crippen MR) is 84.0 cm³/mol. The number of carbonyl (C=O) groups is 1. The second-order valence-corrected chi connectivity index (χ2v) is 5.64. The molecule has 3 rings (SSSR count). The van der Waals surface area contributed by atoms with E-state index < -0.39 is 0 Å². The first kappa shape index (κ1) is 15.5. The summed E-state index contributed by atoms with van der Waals surface area (Å²) in [6.45, 7) is 3.68. The van der Waals surface area contributed by atoms with Crippen LogP contribution in [0.3, 0.4) is 0 Å². The lowest BCUT2D eigenvalue weighted by Gasteiger charge is -2.23. The lowest BCUT2D eigenvalue weighted by atomic mass is 10.2. The number of nitrogens with one attached hydrogen (secondary N) is 1. The Morgan fingerprint density at radius 3 is 3.00 bits per heavy atom. The molecule has 0 aromatic carbocycles. The molecule has 1 saturated heterocycles. The minimum Gasteiger partial charge on any atom is -0.351 e. The lowest BCUT2D eigenvalue weighted by Crippen LogP contribution is -2.26. The molecule has 120 valence electrons. The Hall–Kier alpha value is -2.41. The van der Waals surface area contributed by atoms with Crippen molar-refractivity contribution < 1.29 is 4.79 Å². The van der Waals surface area contributed by atoms with Crippen LogP contribution in [0.2, 0.25) is 0 Å². The summed E-state index contributed by atoms with van der Waals surface area (Å²) in [7, 11) is 0. The molecule has 1 amide bonds. The van der Waals surface area contributed by atoms with Crippen LogP contribution in [-0.4, -0.2) is 37.3 Å². The van der Waals surface area contributed by atoms with E-state index in [0.717, 1.165) is 43.1 Å². The third-order valence-corrected chi connectivity index (χ3v) is 3.89. The van der Waals surface area contributed by atoms with E-state index in [4.69, 9.17) is 0 Å². The standard InChI is InChI=1S/C16H20N6O/c1-12(23)20-10-13-4-5-19-16(21-13)15-3-2-8-22(15)11-14-9-17-6-7-18-14/h4-7,9,15H,2-3,8,10-11H2,1H3,(H,20,23)/t15-/m0/s1. The van der Waals surface area contributed by atoms with Crippen molar-refractivity contribution in [2.75, 3.05) is 6.54 Å². The number of likely N-dealkylation sites (tertiary alicyclic amines) is 1. The average molecular weight is 312 g/mol. The van der Waals surface area contributed by atoms with Crippen molar-refractivity contribution in [1.29, 1.82) is 0 Å². The largest absolute Gasteiger partial charge is 0.351 e. The van der Waals surface area contributed by atoms with Crippen LogP contribution in [0.25, 0.3) is 0 Å². The van der Waals surface area contributed by atoms with Crippen molar-refractivity contribution in [3.8, 4) is 0 Å². The fourth-order valence-electron chi connectivity index (χ4n) is 2.81. The van der Waals surface area contributed by atoms with Gasteiger partial charge in [-0.25, -0.2) is 9.97 Å². The van der Waals surface area contributed by atoms with Crippen LogP contribution in [0.4, 0.5) is 0 Å². The van der Waals surface area contributed by atoms with Gasteiger partial charge in [-0.15, -0.1) is 0 Å². The van der Waals surface area contributed by atoms with Crippen LogP contribution >= 0.6 is 0 Å². The van der Waals surface area contributed by atoms with Gasteiger partial charge < -0.3 is 5.32 Å². The summed E-state index contributed by atoms with van der Waals surface area (Å²) in [4.78, 5) is 30.9. The van der Waals surface area contributed by atoms with Gasteiger partial charge in [0.2, 0.25) is 5.91 Å². The molecule has 1 aliphatic rings. The molecule has 1 fully saturated rings. The van der Waals surface area contributed by atoms with E-state index in [1.165, 1.54) is 6.92 Å². The first-order valence-corrected chi connectivity index (χ1v) is 7.77. The van der Waals surface area contributed by atoms with E-state index in [2.05, 4.69) is 30.2 Å². The maximum atomic E-state index is 11.0. The quantitative estimate of drug-likeness (QED) is 0.894. The highest BCUT2D eigenvalue weighted by Gasteiger charge is 2.28. The van der Waals surface area contributed by atoms with Crippen LogP contribution in [0, 0.1) is 0 Å². The molecule has 23 heavy (non-hydrogen) atoms. The number of aromatic nitrogens is 4. The van der Waals surface area contributed by atoms with E-state index >= 15 is 0 Å². The fraction of sp³-hybridized carbons (Fsp3) is 0.438. The van der Waals surface area contributed by atoms with Crippen LogP contribution in [0.15, 0.2) is 30.9 Å². The normalized spacial score (nSPS) is 18.0. The van der Waals surface area contributed by atoms with Gasteiger partial charge >= 0.3 is 0 Å². The molecule has 0 radical (unpaired) electrons. The van der Waals surface area contributed by atoms with Gasteiger partial charge in [-0.3, -0.25) is 19.7 Å². The Morgan fingerprint density at radius 2 is 2.22 bits per heavy atom. The van der Waals surface area contributed by atoms with E-state index in [0.29, 0.717) is 6.54 Å². The van der Waals surface area contributed by atoms with E-state index in [1.54, 1.807) is 24.8 Å². The minimum absolute atomic E-state index is 0.0599. The number of carbonyl (C=O) groups excluding carboxylic acids is 1. The first-order chi connectivity index (χ1) is 11.2. The van der Waals surface area contributed by atoms with E-state index in [-0.39, 0.29) is 11.9 Å². The molecule has 0 bridgehead atoms. The first-order valence-electron chi connectivity index (χ1n) is 7.77. The fourth-order valence-corrected chi connectivity index (χ4v) is 2.81. The third-order valence-electron chi connectivity index (χ3n) is 3.89. The molecular formula is C16H20N6O. The van der Waals surface area contributed by atoms with Gasteiger partial charge in [0.25, 0.3) is 0 Å². The summed E-state index contributed by atoms with van der Waals surface area (Å²) < 4.78 is 0. The highest BCUT2D eigenvalue weighted by atomic mass is 16.1. The van der Waals surface area contributed by atoms with Gasteiger partial charge in [0.05, 0.1) is 24.0 Å². The Balaban J connectivity index is 1.72. The molecular weight excluding hydrogens is 292 g/mol. The van der Waals surface area contributed by atoms with Crippen LogP contribution in [0.5, 0.6) is 0 Å². The predicted octanol–water partition coefficient (Wildman–Crippen LogP) is 1.24. The summed E-state index contributed by atoms with van der Waals surface area (Å²) >= 11 is 0. The van der Waals surface area contributed by atoms with Gasteiger partial charge in [-0.2, -0.15) is 0 Å². The maximum Gasteiger partial charge on any atom is 0.217 e. The summed E-state index contributed by atoms with van der Waals surface area (Å²) in [5.41, 5.74) is 1.78. The molecule has 3 heterocycles. The van der Waals surface area contributed by atoms with Gasteiger partial charge in [-0.1, -0.05) is 0 Å². The molecule has 1 atom stereocenters. The van der Waals surface area contributed by atoms with Gasteiger partial charge in [0.15, 0.2) is 0 Å². The van der Waals surface area contributed by atoms with Crippen molar-refractivity contribution in [2.45, 2.75) is 38.9 Å². The average Bonchev–Trinajstić information content (AvgIpc) is 3.02. The SMILES string of the molecule is CC(=O)NCc1ccnc([C@@H]2CCCN2Cc2cnccn2)n1. The molecule has 0 unspecified atom stereocenters. The second-order valence-electron chi connectivity index (χ2n) is 5.64. The molecule has 7 nitrogen and oxygen atoms in total. The second kappa shape index (κ2) is 7.23. The smallest absolute Gasteiger partial charge is 0.217 e. The van der Waals surface area contributed by atoms with Crippen molar-refractivity contribution in [2.24, 2.45) is 0 Å². The molecule has 7 heteroatoms. The van der Waals surface area contributed by atoms with Crippen molar-refractivity contribution in [3.05, 3.63) is 48.1 Å². The number of hydrogen-bond donors (Lipinski definition) is 1.